The first-order chi connectivity index (χ1) is 13.3. The number of nitrogens with zero attached hydrogens (tertiary/aromatic N) is 4. The van der Waals surface area contributed by atoms with Crippen molar-refractivity contribution in [3.8, 4) is 0 Å². The van der Waals surface area contributed by atoms with Gasteiger partial charge in [-0.2, -0.15) is 0 Å². The van der Waals surface area contributed by atoms with E-state index in [0.717, 1.165) is 44.4 Å². The zero-order valence-electron chi connectivity index (χ0n) is 16.5. The second-order valence-electron chi connectivity index (χ2n) is 7.08. The summed E-state index contributed by atoms with van der Waals surface area (Å²) >= 11 is 1.81. The van der Waals surface area contributed by atoms with Crippen LogP contribution in [-0.2, 0) is 13.0 Å². The minimum Gasteiger partial charge on any atom is -0.357 e. The zero-order chi connectivity index (χ0) is 18.9. The maximum Gasteiger partial charge on any atom is 0.193 e. The van der Waals surface area contributed by atoms with Crippen molar-refractivity contribution in [1.29, 1.82) is 0 Å². The number of hydrogen-bond acceptors (Lipinski definition) is 4. The fourth-order valence-corrected chi connectivity index (χ4v) is 4.11. The molecule has 0 amide bonds. The summed E-state index contributed by atoms with van der Waals surface area (Å²) in [5, 5.41) is 5.58. The average Bonchev–Trinajstić information content (AvgIpc) is 3.08. The van der Waals surface area contributed by atoms with Gasteiger partial charge in [0.05, 0.1) is 0 Å². The van der Waals surface area contributed by atoms with Gasteiger partial charge in [-0.05, 0) is 42.3 Å². The second-order valence-corrected chi connectivity index (χ2v) is 8.11. The topological polar surface area (TPSA) is 43.8 Å². The number of anilines is 1. The molecule has 1 fully saturated rings. The van der Waals surface area contributed by atoms with E-state index in [1.54, 1.807) is 0 Å². The van der Waals surface area contributed by atoms with Gasteiger partial charge in [0.2, 0.25) is 0 Å². The average molecular weight is 386 g/mol. The number of nitrogens with one attached hydrogen (secondary N) is 1. The summed E-state index contributed by atoms with van der Waals surface area (Å²) < 4.78 is 0. The molecule has 1 N–H and O–H groups in total. The summed E-state index contributed by atoms with van der Waals surface area (Å²) in [5.74, 6) is 2.03. The molecule has 0 aliphatic carbocycles. The molecule has 0 atom stereocenters. The number of thiophene rings is 1. The third-order valence-corrected chi connectivity index (χ3v) is 5.97. The molecule has 2 aromatic heterocycles. The van der Waals surface area contributed by atoms with Crippen LogP contribution >= 0.6 is 11.3 Å². The molecule has 27 heavy (non-hydrogen) atoms. The molecule has 2 aromatic rings. The SMILES string of the molecule is CN=C(NCc1ccc(N2CCCCCC2)nc1)N(C)CCc1cccs1. The number of guanidine groups is 1. The van der Waals surface area contributed by atoms with Crippen LogP contribution in [0.4, 0.5) is 5.82 Å². The van der Waals surface area contributed by atoms with Crippen LogP contribution in [-0.4, -0.2) is 49.6 Å². The monoisotopic (exact) mass is 385 g/mol. The smallest absolute Gasteiger partial charge is 0.193 e. The summed E-state index contributed by atoms with van der Waals surface area (Å²) in [6.07, 6.45) is 8.28. The molecule has 1 aliphatic rings. The number of aliphatic imine (C=N–C) groups is 1. The molecule has 0 radical (unpaired) electrons. The highest BCUT2D eigenvalue weighted by atomic mass is 32.1. The minimum atomic E-state index is 0.739. The van der Waals surface area contributed by atoms with E-state index in [2.05, 4.69) is 56.8 Å². The molecule has 0 aromatic carbocycles. The molecule has 146 valence electrons. The quantitative estimate of drug-likeness (QED) is 0.607. The Labute approximate surface area is 167 Å². The first kappa shape index (κ1) is 19.7. The van der Waals surface area contributed by atoms with Crippen molar-refractivity contribution in [2.75, 3.05) is 38.6 Å². The van der Waals surface area contributed by atoms with Crippen molar-refractivity contribution in [2.45, 2.75) is 38.6 Å². The molecule has 0 bridgehead atoms. The van der Waals surface area contributed by atoms with Gasteiger partial charge in [0.15, 0.2) is 5.96 Å². The van der Waals surface area contributed by atoms with Crippen molar-refractivity contribution in [3.63, 3.8) is 0 Å². The lowest BCUT2D eigenvalue weighted by molar-refractivity contribution is 0.486. The molecule has 0 saturated carbocycles. The Kier molecular flexibility index (Phi) is 7.51. The van der Waals surface area contributed by atoms with Crippen LogP contribution in [0.25, 0.3) is 0 Å². The molecular formula is C21H31N5S. The first-order valence-corrected chi connectivity index (χ1v) is 10.8. The van der Waals surface area contributed by atoms with Crippen LogP contribution in [0.3, 0.4) is 0 Å². The van der Waals surface area contributed by atoms with Gasteiger partial charge in [-0.3, -0.25) is 4.99 Å². The summed E-state index contributed by atoms with van der Waals surface area (Å²) in [7, 11) is 3.92. The Hall–Kier alpha value is -2.08. The minimum absolute atomic E-state index is 0.739. The highest BCUT2D eigenvalue weighted by Gasteiger charge is 2.11. The number of rotatable bonds is 6. The number of likely N-dealkylation sites (N-methyl/N-ethyl adjacent to an activating group) is 1. The predicted octanol–water partition coefficient (Wildman–Crippen LogP) is 3.77. The van der Waals surface area contributed by atoms with Crippen LogP contribution in [0.1, 0.15) is 36.1 Å². The highest BCUT2D eigenvalue weighted by molar-refractivity contribution is 7.09. The molecular weight excluding hydrogens is 354 g/mol. The van der Waals surface area contributed by atoms with E-state index in [0.29, 0.717) is 0 Å². The Morgan fingerprint density at radius 2 is 2.04 bits per heavy atom. The third-order valence-electron chi connectivity index (χ3n) is 5.04. The van der Waals surface area contributed by atoms with E-state index < -0.39 is 0 Å². The summed E-state index contributed by atoms with van der Waals surface area (Å²) in [4.78, 5) is 15.1. The highest BCUT2D eigenvalue weighted by Crippen LogP contribution is 2.17. The van der Waals surface area contributed by atoms with Gasteiger partial charge < -0.3 is 15.1 Å². The molecule has 0 unspecified atom stereocenters. The largest absolute Gasteiger partial charge is 0.357 e. The Morgan fingerprint density at radius 3 is 2.67 bits per heavy atom. The summed E-state index contributed by atoms with van der Waals surface area (Å²) in [6.45, 7) is 3.95. The summed E-state index contributed by atoms with van der Waals surface area (Å²) in [6, 6.07) is 8.63. The number of hydrogen-bond donors (Lipinski definition) is 1. The van der Waals surface area contributed by atoms with E-state index in [4.69, 9.17) is 4.98 Å². The van der Waals surface area contributed by atoms with Gasteiger partial charge in [0.1, 0.15) is 5.82 Å². The van der Waals surface area contributed by atoms with Crippen LogP contribution in [0.5, 0.6) is 0 Å². The lowest BCUT2D eigenvalue weighted by atomic mass is 10.2. The van der Waals surface area contributed by atoms with Gasteiger partial charge in [-0.25, -0.2) is 4.98 Å². The molecule has 1 aliphatic heterocycles. The first-order valence-electron chi connectivity index (χ1n) is 9.90. The molecule has 3 heterocycles. The van der Waals surface area contributed by atoms with Crippen molar-refractivity contribution < 1.29 is 0 Å². The van der Waals surface area contributed by atoms with Crippen molar-refractivity contribution in [3.05, 3.63) is 46.3 Å². The Bertz CT molecular complexity index is 688. The Morgan fingerprint density at radius 1 is 1.22 bits per heavy atom. The van der Waals surface area contributed by atoms with Gasteiger partial charge in [0, 0.05) is 51.3 Å². The van der Waals surface area contributed by atoms with Gasteiger partial charge >= 0.3 is 0 Å². The van der Waals surface area contributed by atoms with E-state index in [-0.39, 0.29) is 0 Å². The van der Waals surface area contributed by atoms with Crippen LogP contribution in [0.2, 0.25) is 0 Å². The van der Waals surface area contributed by atoms with E-state index in [9.17, 15) is 0 Å². The molecule has 5 nitrogen and oxygen atoms in total. The fourth-order valence-electron chi connectivity index (χ4n) is 3.41. The second kappa shape index (κ2) is 10.3. The lowest BCUT2D eigenvalue weighted by Crippen LogP contribution is -2.39. The van der Waals surface area contributed by atoms with Crippen molar-refractivity contribution in [1.82, 2.24) is 15.2 Å². The predicted molar refractivity (Wildman–Crippen MR) is 116 cm³/mol. The van der Waals surface area contributed by atoms with E-state index >= 15 is 0 Å². The van der Waals surface area contributed by atoms with Gasteiger partial charge in [-0.1, -0.05) is 25.0 Å². The van der Waals surface area contributed by atoms with E-state index in [1.807, 2.05) is 24.6 Å². The number of aromatic nitrogens is 1. The summed E-state index contributed by atoms with van der Waals surface area (Å²) in [5.41, 5.74) is 1.18. The fraction of sp³-hybridized carbons (Fsp3) is 0.524. The molecule has 1 saturated heterocycles. The normalized spacial score (nSPS) is 15.5. The molecule has 6 heteroatoms. The molecule has 0 spiro atoms. The van der Waals surface area contributed by atoms with Crippen LogP contribution in [0.15, 0.2) is 40.8 Å². The Balaban J connectivity index is 1.48. The lowest BCUT2D eigenvalue weighted by Gasteiger charge is -2.23. The van der Waals surface area contributed by atoms with Gasteiger partial charge in [-0.15, -0.1) is 11.3 Å². The van der Waals surface area contributed by atoms with Crippen molar-refractivity contribution in [2.24, 2.45) is 4.99 Å². The van der Waals surface area contributed by atoms with Gasteiger partial charge in [0.25, 0.3) is 0 Å². The number of pyridine rings is 1. The maximum absolute atomic E-state index is 4.70. The van der Waals surface area contributed by atoms with Crippen LogP contribution in [0, 0.1) is 0 Å². The van der Waals surface area contributed by atoms with Crippen molar-refractivity contribution >= 4 is 23.1 Å². The maximum atomic E-state index is 4.70. The van der Waals surface area contributed by atoms with Crippen LogP contribution < -0.4 is 10.2 Å². The van der Waals surface area contributed by atoms with E-state index in [1.165, 1.54) is 36.1 Å². The standard InChI is InChI=1S/C21H31N5S/c1-22-21(25(2)14-11-19-8-7-15-27-19)24-17-18-9-10-20(23-16-18)26-12-5-3-4-6-13-26/h7-10,15-16H,3-6,11-14,17H2,1-2H3,(H,22,24). The molecule has 3 rings (SSSR count). The zero-order valence-corrected chi connectivity index (χ0v) is 17.3. The third kappa shape index (κ3) is 5.96.